The Morgan fingerprint density at radius 3 is 1.72 bits per heavy atom. The summed E-state index contributed by atoms with van der Waals surface area (Å²) in [5.41, 5.74) is 14.6. The zero-order valence-electron chi connectivity index (χ0n) is 30.7. The molecule has 1 aliphatic heterocycles. The van der Waals surface area contributed by atoms with Crippen LogP contribution >= 0.6 is 0 Å². The smallest absolute Gasteiger partial charge is 0.160 e. The third-order valence-corrected chi connectivity index (χ3v) is 12.6. The van der Waals surface area contributed by atoms with E-state index in [1.165, 1.54) is 10.8 Å². The summed E-state index contributed by atoms with van der Waals surface area (Å²) in [5, 5.41) is 2.37. The zero-order valence-corrected chi connectivity index (χ0v) is 31.5. The summed E-state index contributed by atoms with van der Waals surface area (Å²) >= 11 is 0. The molecule has 0 saturated heterocycles. The lowest BCUT2D eigenvalue weighted by molar-refractivity contribution is 0.685. The van der Waals surface area contributed by atoms with E-state index in [1.807, 2.05) is 54.6 Å². The molecule has 5 heteroatoms. The molecule has 3 heterocycles. The number of hydrogen-bond acceptors (Lipinski definition) is 3. The maximum Gasteiger partial charge on any atom is 0.160 e. The number of aromatic nitrogens is 3. The number of para-hydroxylation sites is 1. The molecule has 2 aromatic heterocycles. The van der Waals surface area contributed by atoms with Gasteiger partial charge < -0.3 is 4.57 Å². The van der Waals surface area contributed by atoms with Crippen molar-refractivity contribution >= 4 is 32.6 Å². The fourth-order valence-corrected chi connectivity index (χ4v) is 9.85. The van der Waals surface area contributed by atoms with E-state index in [0.29, 0.717) is 5.82 Å². The van der Waals surface area contributed by atoms with Gasteiger partial charge in [0.15, 0.2) is 5.82 Å². The molecule has 0 spiro atoms. The Bertz CT molecular complexity index is 3130. The number of benzene rings is 8. The lowest BCUT2D eigenvalue weighted by atomic mass is 9.99. The standard InChI is InChI=1S/C52H33N3OS/c56-57-50-24-10-8-20-43(50)44-22-12-21-41(51(44)57)34-25-28-40(29-26-34)55-48-23-9-7-19-42(48)45-32-38(27-30-49(45)55)37-17-11-18-39(31-37)52-53-46(35-13-3-1-4-14-35)33-47(54-52)36-15-5-2-6-16-36/h1-33H. The quantitative estimate of drug-likeness (QED) is 0.170. The molecule has 57 heavy (non-hydrogen) atoms. The maximum atomic E-state index is 13.7. The number of hydrogen-bond donors (Lipinski definition) is 0. The molecule has 10 aromatic rings. The van der Waals surface area contributed by atoms with Gasteiger partial charge in [0.1, 0.15) is 0 Å². The fraction of sp³-hybridized carbons (Fsp3) is 0. The zero-order chi connectivity index (χ0) is 37.9. The lowest BCUT2D eigenvalue weighted by Gasteiger charge is -2.12. The molecule has 0 aliphatic carbocycles. The van der Waals surface area contributed by atoms with Gasteiger partial charge in [0.25, 0.3) is 0 Å². The molecule has 1 unspecified atom stereocenters. The first kappa shape index (κ1) is 33.2. The van der Waals surface area contributed by atoms with Crippen LogP contribution in [-0.4, -0.2) is 18.7 Å². The van der Waals surface area contributed by atoms with Crippen LogP contribution in [0.25, 0.3) is 94.8 Å². The Morgan fingerprint density at radius 1 is 0.386 bits per heavy atom. The minimum Gasteiger partial charge on any atom is -0.309 e. The predicted octanol–water partition coefficient (Wildman–Crippen LogP) is 13.1. The highest BCUT2D eigenvalue weighted by molar-refractivity contribution is 7.86. The summed E-state index contributed by atoms with van der Waals surface area (Å²) in [6, 6.07) is 69.5. The highest BCUT2D eigenvalue weighted by Gasteiger charge is 2.28. The first-order chi connectivity index (χ1) is 28.2. The van der Waals surface area contributed by atoms with Crippen molar-refractivity contribution in [3.63, 3.8) is 0 Å². The fourth-order valence-electron chi connectivity index (χ4n) is 8.29. The van der Waals surface area contributed by atoms with E-state index in [0.717, 1.165) is 88.0 Å². The molecule has 1 atom stereocenters. The van der Waals surface area contributed by atoms with Gasteiger partial charge in [-0.15, -0.1) is 0 Å². The van der Waals surface area contributed by atoms with E-state index in [-0.39, 0.29) is 0 Å². The second kappa shape index (κ2) is 13.5. The van der Waals surface area contributed by atoms with Gasteiger partial charge in [-0.05, 0) is 76.3 Å². The molecular formula is C52H33N3OS. The van der Waals surface area contributed by atoms with Gasteiger partial charge in [0.2, 0.25) is 0 Å². The lowest BCUT2D eigenvalue weighted by Crippen LogP contribution is -1.96. The van der Waals surface area contributed by atoms with Gasteiger partial charge in [-0.1, -0.05) is 152 Å². The van der Waals surface area contributed by atoms with E-state index in [9.17, 15) is 4.21 Å². The van der Waals surface area contributed by atoms with Crippen LogP contribution in [0.1, 0.15) is 0 Å². The third kappa shape index (κ3) is 5.63. The summed E-state index contributed by atoms with van der Waals surface area (Å²) in [6.07, 6.45) is 0. The molecule has 0 bridgehead atoms. The summed E-state index contributed by atoms with van der Waals surface area (Å²) < 4.78 is 16.0. The molecule has 1 aliphatic rings. The molecule has 0 N–H and O–H groups in total. The van der Waals surface area contributed by atoms with Crippen LogP contribution < -0.4 is 0 Å². The third-order valence-electron chi connectivity index (χ3n) is 11.0. The van der Waals surface area contributed by atoms with Gasteiger partial charge >= 0.3 is 0 Å². The average Bonchev–Trinajstić information content (AvgIpc) is 3.78. The van der Waals surface area contributed by atoms with Crippen LogP contribution in [0.2, 0.25) is 0 Å². The van der Waals surface area contributed by atoms with Crippen molar-refractivity contribution < 1.29 is 4.21 Å². The number of fused-ring (bicyclic) bond motifs is 6. The second-order valence-corrected chi connectivity index (χ2v) is 15.7. The van der Waals surface area contributed by atoms with Crippen molar-refractivity contribution in [2.75, 3.05) is 0 Å². The van der Waals surface area contributed by atoms with Crippen molar-refractivity contribution in [3.05, 3.63) is 200 Å². The minimum atomic E-state index is -1.22. The summed E-state index contributed by atoms with van der Waals surface area (Å²) in [4.78, 5) is 12.0. The molecule has 0 amide bonds. The summed E-state index contributed by atoms with van der Waals surface area (Å²) in [6.45, 7) is 0. The minimum absolute atomic E-state index is 0.689. The second-order valence-electron chi connectivity index (χ2n) is 14.4. The highest BCUT2D eigenvalue weighted by atomic mass is 32.2. The van der Waals surface area contributed by atoms with Gasteiger partial charge in [0.05, 0.1) is 43.0 Å². The van der Waals surface area contributed by atoms with Crippen LogP contribution in [0.4, 0.5) is 0 Å². The largest absolute Gasteiger partial charge is 0.309 e. The van der Waals surface area contributed by atoms with Gasteiger partial charge in [0, 0.05) is 38.7 Å². The van der Waals surface area contributed by atoms with Crippen LogP contribution in [0, 0.1) is 0 Å². The van der Waals surface area contributed by atoms with Crippen LogP contribution in [0.3, 0.4) is 0 Å². The number of nitrogens with zero attached hydrogens (tertiary/aromatic N) is 3. The normalized spacial score (nSPS) is 13.2. The van der Waals surface area contributed by atoms with Crippen molar-refractivity contribution in [2.45, 2.75) is 9.79 Å². The molecular weight excluding hydrogens is 715 g/mol. The molecule has 0 radical (unpaired) electrons. The maximum absolute atomic E-state index is 13.7. The highest BCUT2D eigenvalue weighted by Crippen LogP contribution is 2.45. The first-order valence-electron chi connectivity index (χ1n) is 19.1. The van der Waals surface area contributed by atoms with Crippen LogP contribution in [0.15, 0.2) is 210 Å². The summed E-state index contributed by atoms with van der Waals surface area (Å²) in [5.74, 6) is 0.689. The van der Waals surface area contributed by atoms with Gasteiger partial charge in [-0.2, -0.15) is 0 Å². The molecule has 8 aromatic carbocycles. The predicted molar refractivity (Wildman–Crippen MR) is 234 cm³/mol. The topological polar surface area (TPSA) is 47.8 Å². The Hall–Kier alpha value is -7.21. The molecule has 0 saturated carbocycles. The van der Waals surface area contributed by atoms with Crippen molar-refractivity contribution in [1.82, 2.24) is 14.5 Å². The molecule has 0 fully saturated rings. The van der Waals surface area contributed by atoms with Crippen LogP contribution in [0.5, 0.6) is 0 Å². The Morgan fingerprint density at radius 2 is 0.947 bits per heavy atom. The van der Waals surface area contributed by atoms with Gasteiger partial charge in [-0.25, -0.2) is 14.2 Å². The van der Waals surface area contributed by atoms with E-state index >= 15 is 0 Å². The van der Waals surface area contributed by atoms with Crippen molar-refractivity contribution in [1.29, 1.82) is 0 Å². The average molecular weight is 748 g/mol. The molecule has 268 valence electrons. The Labute approximate surface area is 332 Å². The van der Waals surface area contributed by atoms with Crippen molar-refractivity contribution in [2.24, 2.45) is 0 Å². The van der Waals surface area contributed by atoms with E-state index in [2.05, 4.69) is 150 Å². The summed E-state index contributed by atoms with van der Waals surface area (Å²) in [7, 11) is -1.22. The number of rotatable bonds is 6. The molecule has 11 rings (SSSR count). The van der Waals surface area contributed by atoms with E-state index in [4.69, 9.17) is 9.97 Å². The first-order valence-corrected chi connectivity index (χ1v) is 20.2. The van der Waals surface area contributed by atoms with E-state index in [1.54, 1.807) is 0 Å². The Balaban J connectivity index is 0.981. The monoisotopic (exact) mass is 747 g/mol. The molecule has 4 nitrogen and oxygen atoms in total. The van der Waals surface area contributed by atoms with Gasteiger partial charge in [-0.3, -0.25) is 0 Å². The van der Waals surface area contributed by atoms with Crippen molar-refractivity contribution in [3.8, 4) is 73.0 Å². The van der Waals surface area contributed by atoms with E-state index < -0.39 is 10.8 Å². The SMILES string of the molecule is O=S1c2ccccc2-c2cccc(-c3ccc(-n4c5ccccc5c5cc(-c6cccc(-c7nc(-c8ccccc8)cc(-c8ccccc8)n7)c6)ccc54)cc3)c21. The Kier molecular flexibility index (Phi) is 7.86. The van der Waals surface area contributed by atoms with Crippen LogP contribution in [-0.2, 0) is 10.8 Å².